The molecule has 1 amide bonds. The van der Waals surface area contributed by atoms with Crippen LogP contribution in [0.3, 0.4) is 0 Å². The number of amides is 1. The van der Waals surface area contributed by atoms with Gasteiger partial charge in [0.05, 0.1) is 19.0 Å². The fraction of sp³-hybridized carbons (Fsp3) is 0.321. The third-order valence-corrected chi connectivity index (χ3v) is 6.08. The van der Waals surface area contributed by atoms with Gasteiger partial charge in [0.1, 0.15) is 5.82 Å². The Labute approximate surface area is 246 Å². The Hall–Kier alpha value is -5.15. The molecule has 234 valence electrons. The van der Waals surface area contributed by atoms with Crippen molar-refractivity contribution in [2.75, 3.05) is 5.32 Å². The number of oxazole rings is 2. The predicted octanol–water partition coefficient (Wildman–Crippen LogP) is 5.53. The van der Waals surface area contributed by atoms with E-state index in [9.17, 15) is 27.2 Å². The Kier molecular flexibility index (Phi) is 10.0. The minimum atomic E-state index is -2.98. The lowest BCUT2D eigenvalue weighted by Gasteiger charge is -2.08. The molecule has 0 atom stereocenters. The summed E-state index contributed by atoms with van der Waals surface area (Å²) in [5, 5.41) is 15.5. The van der Waals surface area contributed by atoms with Gasteiger partial charge in [-0.15, -0.1) is 0 Å². The number of carbonyl (C=O) groups excluding carboxylic acids is 1. The summed E-state index contributed by atoms with van der Waals surface area (Å²) in [4.78, 5) is 31.2. The highest BCUT2D eigenvalue weighted by molar-refractivity contribution is 5.94. The zero-order valence-corrected chi connectivity index (χ0v) is 23.6. The molecule has 0 fully saturated rings. The number of ether oxygens (including phenoxy) is 2. The number of fused-ring (bicyclic) bond motifs is 2. The molecular formula is C28H27F4N5O7. The molecule has 3 heterocycles. The number of hydrogen-bond acceptors (Lipinski definition) is 9. The topological polar surface area (TPSA) is 155 Å². The largest absolute Gasteiger partial charge is 0.481 e. The summed E-state index contributed by atoms with van der Waals surface area (Å²) in [5.74, 6) is -0.265. The first kappa shape index (κ1) is 31.8. The van der Waals surface area contributed by atoms with Crippen molar-refractivity contribution >= 4 is 39.9 Å². The van der Waals surface area contributed by atoms with Crippen LogP contribution in [-0.4, -0.2) is 50.0 Å². The zero-order valence-electron chi connectivity index (χ0n) is 23.6. The lowest BCUT2D eigenvalue weighted by molar-refractivity contribution is -0.136. The normalized spacial score (nSPS) is 11.2. The molecule has 12 nitrogen and oxygen atoms in total. The minimum Gasteiger partial charge on any atom is -0.481 e. The lowest BCUT2D eigenvalue weighted by Crippen LogP contribution is -2.16. The molecule has 5 aromatic rings. The number of benzene rings is 2. The first-order valence-electron chi connectivity index (χ1n) is 13.2. The Balaban J connectivity index is 0.000000209. The Morgan fingerprint density at radius 3 is 1.77 bits per heavy atom. The van der Waals surface area contributed by atoms with Crippen molar-refractivity contribution in [1.29, 1.82) is 0 Å². The number of aryl methyl sites for hydroxylation is 3. The number of aliphatic carboxylic acids is 1. The van der Waals surface area contributed by atoms with Gasteiger partial charge < -0.3 is 28.7 Å². The minimum absolute atomic E-state index is 0.00497. The lowest BCUT2D eigenvalue weighted by atomic mass is 10.1. The maximum Gasteiger partial charge on any atom is 0.387 e. The van der Waals surface area contributed by atoms with Crippen molar-refractivity contribution in [3.05, 3.63) is 59.4 Å². The standard InChI is InChI=1S/C16H16F2N4O3.C12H11F2NO4/c1-3-13-21-14-10(24-16(17)18)5-4-9(15(14)25-13)8-12(23)20-11-6-7-19-22(11)2;1-2-8-15-10-7(18-12(13)14)4-3-6(5-9(16)17)11(10)19-8/h4-7,16H,3,8H2,1-2H3,(H,20,23);3-4,12H,2,5H2,1H3,(H,16,17). The van der Waals surface area contributed by atoms with Crippen LogP contribution < -0.4 is 14.8 Å². The molecule has 5 rings (SSSR count). The van der Waals surface area contributed by atoms with Crippen molar-refractivity contribution in [3.8, 4) is 11.5 Å². The number of carboxylic acid groups (broad SMARTS) is 1. The fourth-order valence-electron chi connectivity index (χ4n) is 4.14. The molecule has 3 aromatic heterocycles. The maximum absolute atomic E-state index is 12.5. The number of nitrogens with one attached hydrogen (secondary N) is 1. The first-order valence-corrected chi connectivity index (χ1v) is 13.2. The number of halogens is 4. The quantitative estimate of drug-likeness (QED) is 0.180. The van der Waals surface area contributed by atoms with Crippen LogP contribution in [-0.2, 0) is 42.3 Å². The van der Waals surface area contributed by atoms with E-state index in [2.05, 4.69) is 29.9 Å². The van der Waals surface area contributed by atoms with E-state index in [4.69, 9.17) is 13.9 Å². The van der Waals surface area contributed by atoms with Gasteiger partial charge in [-0.2, -0.15) is 22.7 Å². The molecule has 0 unspecified atom stereocenters. The number of carbonyl (C=O) groups is 2. The van der Waals surface area contributed by atoms with Gasteiger partial charge in [-0.1, -0.05) is 26.0 Å². The molecule has 0 aliphatic carbocycles. The number of alkyl halides is 4. The van der Waals surface area contributed by atoms with Crippen molar-refractivity contribution in [2.24, 2.45) is 7.05 Å². The Bertz CT molecular complexity index is 1770. The van der Waals surface area contributed by atoms with Gasteiger partial charge in [0.2, 0.25) is 5.91 Å². The molecule has 0 spiro atoms. The molecule has 0 aliphatic heterocycles. The number of aromatic nitrogens is 4. The van der Waals surface area contributed by atoms with Gasteiger partial charge in [-0.25, -0.2) is 9.97 Å². The highest BCUT2D eigenvalue weighted by Crippen LogP contribution is 2.32. The van der Waals surface area contributed by atoms with Crippen LogP contribution in [0, 0.1) is 0 Å². The van der Waals surface area contributed by atoms with Crippen LogP contribution in [0.2, 0.25) is 0 Å². The van der Waals surface area contributed by atoms with E-state index in [1.54, 1.807) is 26.2 Å². The van der Waals surface area contributed by atoms with Gasteiger partial charge in [0.15, 0.2) is 45.5 Å². The first-order chi connectivity index (χ1) is 21.0. The summed E-state index contributed by atoms with van der Waals surface area (Å²) in [6.07, 6.45) is 2.24. The molecular weight excluding hydrogens is 594 g/mol. The van der Waals surface area contributed by atoms with Crippen LogP contribution in [0.15, 0.2) is 45.4 Å². The third-order valence-electron chi connectivity index (χ3n) is 6.08. The third kappa shape index (κ3) is 7.62. The number of carboxylic acids is 1. The molecule has 0 saturated heterocycles. The summed E-state index contributed by atoms with van der Waals surface area (Å²) in [7, 11) is 1.70. The van der Waals surface area contributed by atoms with Crippen LogP contribution in [0.25, 0.3) is 22.2 Å². The SMILES string of the molecule is CCc1nc2c(OC(F)F)ccc(CC(=O)Nc3ccnn3C)c2o1.CCc1nc2c(OC(F)F)ccc(CC(=O)O)c2o1. The second-order valence-corrected chi connectivity index (χ2v) is 9.12. The molecule has 0 saturated carbocycles. The second-order valence-electron chi connectivity index (χ2n) is 9.12. The van der Waals surface area contributed by atoms with Gasteiger partial charge in [-0.05, 0) is 12.1 Å². The van der Waals surface area contributed by atoms with Gasteiger partial charge >= 0.3 is 19.2 Å². The summed E-state index contributed by atoms with van der Waals surface area (Å²) in [6.45, 7) is -2.33. The van der Waals surface area contributed by atoms with Crippen LogP contribution >= 0.6 is 0 Å². The molecule has 2 N–H and O–H groups in total. The van der Waals surface area contributed by atoms with Crippen LogP contribution in [0.5, 0.6) is 11.5 Å². The van der Waals surface area contributed by atoms with Crippen molar-refractivity contribution < 1.29 is 50.6 Å². The molecule has 16 heteroatoms. The van der Waals surface area contributed by atoms with E-state index in [0.717, 1.165) is 0 Å². The van der Waals surface area contributed by atoms with E-state index in [-0.39, 0.29) is 52.4 Å². The van der Waals surface area contributed by atoms with Crippen molar-refractivity contribution in [2.45, 2.75) is 52.8 Å². The number of hydrogen-bond donors (Lipinski definition) is 2. The van der Waals surface area contributed by atoms with Crippen LogP contribution in [0.1, 0.15) is 36.8 Å². The molecule has 0 radical (unpaired) electrons. The number of nitrogens with zero attached hydrogens (tertiary/aromatic N) is 4. The average molecular weight is 622 g/mol. The van der Waals surface area contributed by atoms with Crippen molar-refractivity contribution in [3.63, 3.8) is 0 Å². The molecule has 44 heavy (non-hydrogen) atoms. The smallest absolute Gasteiger partial charge is 0.387 e. The van der Waals surface area contributed by atoms with Gasteiger partial charge in [0, 0.05) is 37.1 Å². The zero-order chi connectivity index (χ0) is 32.0. The molecule has 2 aromatic carbocycles. The van der Waals surface area contributed by atoms with Gasteiger partial charge in [-0.3, -0.25) is 14.3 Å². The maximum atomic E-state index is 12.5. The van der Waals surface area contributed by atoms with Gasteiger partial charge in [0.25, 0.3) is 0 Å². The summed E-state index contributed by atoms with van der Waals surface area (Å²) < 4.78 is 70.9. The van der Waals surface area contributed by atoms with E-state index in [1.165, 1.54) is 28.9 Å². The van der Waals surface area contributed by atoms with E-state index < -0.39 is 19.2 Å². The highest BCUT2D eigenvalue weighted by atomic mass is 19.3. The summed E-state index contributed by atoms with van der Waals surface area (Å²) >= 11 is 0. The summed E-state index contributed by atoms with van der Waals surface area (Å²) in [5.41, 5.74) is 1.66. The Morgan fingerprint density at radius 1 is 0.864 bits per heavy atom. The van der Waals surface area contributed by atoms with E-state index in [0.29, 0.717) is 41.6 Å². The predicted molar refractivity (Wildman–Crippen MR) is 147 cm³/mol. The Morgan fingerprint density at radius 2 is 1.36 bits per heavy atom. The average Bonchev–Trinajstić information content (AvgIpc) is 3.70. The highest BCUT2D eigenvalue weighted by Gasteiger charge is 2.20. The van der Waals surface area contributed by atoms with Crippen molar-refractivity contribution in [1.82, 2.24) is 19.7 Å². The fourth-order valence-corrected chi connectivity index (χ4v) is 4.14. The number of rotatable bonds is 11. The monoisotopic (exact) mass is 621 g/mol. The summed E-state index contributed by atoms with van der Waals surface area (Å²) in [6, 6.07) is 7.21. The number of anilines is 1. The molecule has 0 aliphatic rings. The molecule has 0 bridgehead atoms. The van der Waals surface area contributed by atoms with Crippen LogP contribution in [0.4, 0.5) is 23.4 Å². The van der Waals surface area contributed by atoms with E-state index >= 15 is 0 Å². The second kappa shape index (κ2) is 13.9. The van der Waals surface area contributed by atoms with E-state index in [1.807, 2.05) is 6.92 Å².